The highest BCUT2D eigenvalue weighted by molar-refractivity contribution is 14.1. The first-order valence-corrected chi connectivity index (χ1v) is 13.4. The van der Waals surface area contributed by atoms with Crippen molar-refractivity contribution in [2.75, 3.05) is 4.90 Å². The lowest BCUT2D eigenvalue weighted by Gasteiger charge is -2.41. The number of hydrogen-bond acceptors (Lipinski definition) is 6. The van der Waals surface area contributed by atoms with E-state index in [0.29, 0.717) is 34.8 Å². The Morgan fingerprint density at radius 1 is 1.03 bits per heavy atom. The van der Waals surface area contributed by atoms with Gasteiger partial charge >= 0.3 is 0 Å². The number of amides is 2. The van der Waals surface area contributed by atoms with E-state index in [1.807, 2.05) is 18.2 Å². The van der Waals surface area contributed by atoms with Gasteiger partial charge in [-0.05, 0) is 93.7 Å². The van der Waals surface area contributed by atoms with E-state index in [2.05, 4.69) is 38.5 Å². The molecule has 0 bridgehead atoms. The van der Waals surface area contributed by atoms with E-state index in [-0.39, 0.29) is 40.9 Å². The molecule has 0 saturated carbocycles. The molecule has 3 aliphatic carbocycles. The fourth-order valence-corrected chi connectivity index (χ4v) is 6.82. The van der Waals surface area contributed by atoms with Crippen LogP contribution in [-0.2, 0) is 25.8 Å². The molecule has 182 valence electrons. The average molecular weight is 660 g/mol. The summed E-state index contributed by atoms with van der Waals surface area (Å²) >= 11 is 5.38. The highest BCUT2D eigenvalue weighted by Crippen LogP contribution is 2.55. The Morgan fingerprint density at radius 2 is 1.78 bits per heavy atom. The summed E-state index contributed by atoms with van der Waals surface area (Å²) in [6.07, 6.45) is 3.77. The van der Waals surface area contributed by atoms with Crippen LogP contribution in [0.1, 0.15) is 30.3 Å². The number of halogens is 2. The summed E-state index contributed by atoms with van der Waals surface area (Å²) in [4.78, 5) is 54.8. The summed E-state index contributed by atoms with van der Waals surface area (Å²) in [6, 6.07) is 10.6. The van der Waals surface area contributed by atoms with Crippen molar-refractivity contribution in [3.63, 3.8) is 0 Å². The maximum absolute atomic E-state index is 13.8. The van der Waals surface area contributed by atoms with Gasteiger partial charge in [-0.25, -0.2) is 0 Å². The smallest absolute Gasteiger partial charge is 0.238 e. The molecule has 0 spiro atoms. The zero-order chi connectivity index (χ0) is 25.3. The first-order valence-electron chi connectivity index (χ1n) is 11.5. The number of aliphatic hydroxyl groups excluding tert-OH is 1. The molecule has 9 heteroatoms. The molecule has 1 fully saturated rings. The Labute approximate surface area is 228 Å². The van der Waals surface area contributed by atoms with Crippen molar-refractivity contribution in [1.29, 1.82) is 0 Å². The van der Waals surface area contributed by atoms with Crippen LogP contribution in [0.3, 0.4) is 0 Å². The van der Waals surface area contributed by atoms with Crippen LogP contribution in [0.25, 0.3) is 0 Å². The van der Waals surface area contributed by atoms with Crippen LogP contribution in [0.4, 0.5) is 5.69 Å². The Kier molecular flexibility index (Phi) is 5.77. The van der Waals surface area contributed by atoms with E-state index in [0.717, 1.165) is 9.14 Å². The van der Waals surface area contributed by atoms with Crippen molar-refractivity contribution in [2.24, 2.45) is 17.8 Å². The predicted molar refractivity (Wildman–Crippen MR) is 141 cm³/mol. The molecular formula is C27H19BrINO6. The first kappa shape index (κ1) is 23.7. The third-order valence-electron chi connectivity index (χ3n) is 7.54. The summed E-state index contributed by atoms with van der Waals surface area (Å²) in [6.45, 7) is -0.303. The molecule has 1 N–H and O–H groups in total. The van der Waals surface area contributed by atoms with Crippen LogP contribution in [0.2, 0.25) is 0 Å². The van der Waals surface area contributed by atoms with Crippen LogP contribution in [0, 0.1) is 21.3 Å². The SMILES string of the molecule is O=C1C=C(Br)C(=O)C2=C1C(c1ccc(CO)o1)C1=CCC3C(=O)N(c4ccc(I)cc4)C(=O)C3C1C2. The number of furan rings is 1. The molecule has 7 nitrogen and oxygen atoms in total. The minimum atomic E-state index is -0.663. The second-order valence-electron chi connectivity index (χ2n) is 9.34. The Morgan fingerprint density at radius 3 is 2.47 bits per heavy atom. The molecule has 1 saturated heterocycles. The maximum Gasteiger partial charge on any atom is 0.238 e. The number of imide groups is 1. The Hall–Kier alpha value is -2.63. The molecule has 1 aromatic heterocycles. The van der Waals surface area contributed by atoms with Gasteiger partial charge in [-0.2, -0.15) is 0 Å². The molecule has 1 aromatic carbocycles. The Bertz CT molecular complexity index is 1450. The molecule has 2 aromatic rings. The summed E-state index contributed by atoms with van der Waals surface area (Å²) in [5.74, 6) is -2.63. The molecule has 4 unspecified atom stereocenters. The van der Waals surface area contributed by atoms with Crippen molar-refractivity contribution in [1.82, 2.24) is 0 Å². The van der Waals surface area contributed by atoms with Crippen LogP contribution >= 0.6 is 38.5 Å². The number of ketones is 2. The topological polar surface area (TPSA) is 105 Å². The molecule has 2 heterocycles. The Balaban J connectivity index is 1.47. The number of Topliss-reactive ketones (excluding diaryl/α,β-unsaturated/α-hetero) is 1. The predicted octanol–water partition coefficient (Wildman–Crippen LogP) is 4.34. The summed E-state index contributed by atoms with van der Waals surface area (Å²) in [7, 11) is 0. The zero-order valence-corrected chi connectivity index (χ0v) is 22.5. The lowest BCUT2D eigenvalue weighted by molar-refractivity contribution is -0.123. The van der Waals surface area contributed by atoms with Gasteiger partial charge in [0.2, 0.25) is 11.8 Å². The number of hydrogen-bond donors (Lipinski definition) is 1. The number of benzene rings is 1. The highest BCUT2D eigenvalue weighted by atomic mass is 127. The molecular weight excluding hydrogens is 641 g/mol. The van der Waals surface area contributed by atoms with E-state index in [4.69, 9.17) is 4.42 Å². The van der Waals surface area contributed by atoms with Gasteiger partial charge in [-0.3, -0.25) is 24.1 Å². The van der Waals surface area contributed by atoms with Gasteiger partial charge in [0.25, 0.3) is 0 Å². The minimum absolute atomic E-state index is 0.176. The van der Waals surface area contributed by atoms with E-state index >= 15 is 0 Å². The number of allylic oxidation sites excluding steroid dienone is 6. The number of fused-ring (bicyclic) bond motifs is 3. The molecule has 2 amide bonds. The minimum Gasteiger partial charge on any atom is -0.463 e. The van der Waals surface area contributed by atoms with Gasteiger partial charge in [0.05, 0.1) is 27.9 Å². The summed E-state index contributed by atoms with van der Waals surface area (Å²) in [5.41, 5.74) is 2.03. The second-order valence-corrected chi connectivity index (χ2v) is 11.4. The fourth-order valence-electron chi connectivity index (χ4n) is 6.01. The van der Waals surface area contributed by atoms with Crippen LogP contribution < -0.4 is 4.90 Å². The lowest BCUT2D eigenvalue weighted by Crippen LogP contribution is -2.39. The number of rotatable bonds is 3. The van der Waals surface area contributed by atoms with E-state index < -0.39 is 23.7 Å². The molecule has 1 aliphatic heterocycles. The quantitative estimate of drug-likeness (QED) is 0.228. The largest absolute Gasteiger partial charge is 0.463 e. The summed E-state index contributed by atoms with van der Waals surface area (Å²) < 4.78 is 7.03. The van der Waals surface area contributed by atoms with Crippen molar-refractivity contribution in [3.05, 3.63) is 84.8 Å². The fraction of sp³-hybridized carbons (Fsp3) is 0.259. The van der Waals surface area contributed by atoms with Gasteiger partial charge in [-0.1, -0.05) is 11.6 Å². The third-order valence-corrected chi connectivity index (χ3v) is 8.85. The van der Waals surface area contributed by atoms with Crippen molar-refractivity contribution in [3.8, 4) is 0 Å². The van der Waals surface area contributed by atoms with E-state index in [1.54, 1.807) is 24.3 Å². The van der Waals surface area contributed by atoms with Gasteiger partial charge in [0.1, 0.15) is 18.1 Å². The van der Waals surface area contributed by atoms with Crippen molar-refractivity contribution in [2.45, 2.75) is 25.4 Å². The number of carbonyl (C=O) groups is 4. The standard InChI is InChI=1S/C27H19BrINO6/c28-19-10-20(32)23-18(25(19)33)9-17-15(24(23)21-8-5-14(11-31)36-21)6-7-16-22(17)27(35)30(26(16)34)13-3-1-12(29)2-4-13/h1-6,8,10,16-17,22,24,31H,7,9,11H2. The molecule has 6 rings (SSSR count). The summed E-state index contributed by atoms with van der Waals surface area (Å²) in [5, 5.41) is 9.54. The third kappa shape index (κ3) is 3.47. The second kappa shape index (κ2) is 8.74. The van der Waals surface area contributed by atoms with Crippen LogP contribution in [0.15, 0.2) is 74.2 Å². The number of aliphatic hydroxyl groups is 1. The van der Waals surface area contributed by atoms with Gasteiger partial charge in [-0.15, -0.1) is 0 Å². The van der Waals surface area contributed by atoms with Gasteiger partial charge < -0.3 is 9.52 Å². The van der Waals surface area contributed by atoms with Crippen LogP contribution in [-0.4, -0.2) is 28.5 Å². The molecule has 36 heavy (non-hydrogen) atoms. The van der Waals surface area contributed by atoms with Gasteiger partial charge in [0.15, 0.2) is 11.6 Å². The molecule has 4 atom stereocenters. The first-order chi connectivity index (χ1) is 17.3. The highest BCUT2D eigenvalue weighted by Gasteiger charge is 2.57. The monoisotopic (exact) mass is 659 g/mol. The van der Waals surface area contributed by atoms with E-state index in [1.165, 1.54) is 11.0 Å². The lowest BCUT2D eigenvalue weighted by atomic mass is 9.60. The maximum atomic E-state index is 13.8. The molecule has 0 radical (unpaired) electrons. The van der Waals surface area contributed by atoms with Crippen molar-refractivity contribution < 1.29 is 28.7 Å². The zero-order valence-electron chi connectivity index (χ0n) is 18.7. The van der Waals surface area contributed by atoms with Gasteiger partial charge in [0, 0.05) is 20.8 Å². The number of carbonyl (C=O) groups excluding carboxylic acids is 4. The molecule has 4 aliphatic rings. The average Bonchev–Trinajstić information content (AvgIpc) is 3.44. The van der Waals surface area contributed by atoms with E-state index in [9.17, 15) is 24.3 Å². The number of anilines is 1. The van der Waals surface area contributed by atoms with Crippen LogP contribution in [0.5, 0.6) is 0 Å². The number of nitrogens with zero attached hydrogens (tertiary/aromatic N) is 1. The van der Waals surface area contributed by atoms with Crippen molar-refractivity contribution >= 4 is 67.6 Å². The normalized spacial score (nSPS) is 27.6.